The molecule has 4 rings (SSSR count). The molecule has 0 saturated carbocycles. The minimum Gasteiger partial charge on any atom is -0.386 e. The molecule has 2 N–H and O–H groups in total. The maximum absolute atomic E-state index is 5.90. The van der Waals surface area contributed by atoms with Crippen LogP contribution in [0.15, 0.2) is 41.4 Å². The highest BCUT2D eigenvalue weighted by Crippen LogP contribution is 2.38. The summed E-state index contributed by atoms with van der Waals surface area (Å²) < 4.78 is 8.16. The van der Waals surface area contributed by atoms with E-state index < -0.39 is 5.54 Å². The molecule has 2 aromatic carbocycles. The molecule has 0 saturated heterocycles. The van der Waals surface area contributed by atoms with Gasteiger partial charge in [0.2, 0.25) is 0 Å². The lowest BCUT2D eigenvalue weighted by Crippen LogP contribution is -2.37. The summed E-state index contributed by atoms with van der Waals surface area (Å²) in [5, 5.41) is 2.49. The van der Waals surface area contributed by atoms with Gasteiger partial charge in [0.05, 0.1) is 6.61 Å². The zero-order valence-electron chi connectivity index (χ0n) is 13.7. The van der Waals surface area contributed by atoms with Crippen molar-refractivity contribution in [1.82, 2.24) is 0 Å². The first-order valence-corrected chi connectivity index (χ1v) is 8.72. The third kappa shape index (κ3) is 2.47. The molecule has 2 heterocycles. The number of ether oxygens (including phenoxy) is 1. The van der Waals surface area contributed by atoms with Crippen molar-refractivity contribution in [3.63, 3.8) is 0 Å². The van der Waals surface area contributed by atoms with Crippen LogP contribution in [0, 0.1) is 11.8 Å². The van der Waals surface area contributed by atoms with Gasteiger partial charge in [0, 0.05) is 25.7 Å². The summed E-state index contributed by atoms with van der Waals surface area (Å²) in [6, 6.07) is 12.9. The van der Waals surface area contributed by atoms with E-state index in [1.165, 1.54) is 20.2 Å². The molecule has 3 nitrogen and oxygen atoms in total. The second-order valence-electron chi connectivity index (χ2n) is 6.27. The van der Waals surface area contributed by atoms with Gasteiger partial charge >= 0.3 is 0 Å². The maximum Gasteiger partial charge on any atom is 0.121 e. The number of benzene rings is 2. The summed E-state index contributed by atoms with van der Waals surface area (Å²) in [5.41, 5.74) is 7.65. The number of hydrogen-bond acceptors (Lipinski definition) is 4. The zero-order valence-corrected chi connectivity index (χ0v) is 14.5. The van der Waals surface area contributed by atoms with Crippen LogP contribution >= 0.6 is 11.3 Å². The van der Waals surface area contributed by atoms with E-state index in [1.807, 2.05) is 6.92 Å². The minimum atomic E-state index is -0.425. The average molecular weight is 334 g/mol. The molecule has 4 heteroatoms. The first kappa shape index (κ1) is 15.2. The Morgan fingerprint density at radius 1 is 1.17 bits per heavy atom. The highest BCUT2D eigenvalue weighted by atomic mass is 32.1. The summed E-state index contributed by atoms with van der Waals surface area (Å²) in [6.45, 7) is 4.90. The van der Waals surface area contributed by atoms with Gasteiger partial charge in [-0.25, -0.2) is 0 Å². The summed E-state index contributed by atoms with van der Waals surface area (Å²) in [5.74, 6) is 6.66. The SMILES string of the molecule is CC#Cc1ccc2sc3ccc([C@]4(C)COCC(N)=N4)cc3c2c1. The van der Waals surface area contributed by atoms with Gasteiger partial charge in [-0.1, -0.05) is 12.0 Å². The molecule has 1 atom stereocenters. The normalized spacial score (nSPS) is 20.7. The molecule has 0 amide bonds. The van der Waals surface area contributed by atoms with E-state index >= 15 is 0 Å². The van der Waals surface area contributed by atoms with Crippen LogP contribution in [0.25, 0.3) is 20.2 Å². The Kier molecular flexibility index (Phi) is 3.56. The second kappa shape index (κ2) is 5.62. The van der Waals surface area contributed by atoms with Gasteiger partial charge in [0.15, 0.2) is 0 Å². The Morgan fingerprint density at radius 3 is 2.67 bits per heavy atom. The van der Waals surface area contributed by atoms with Crippen LogP contribution in [0.5, 0.6) is 0 Å². The first-order chi connectivity index (χ1) is 11.6. The quantitative estimate of drug-likeness (QED) is 0.683. The van der Waals surface area contributed by atoms with E-state index in [2.05, 4.69) is 60.2 Å². The second-order valence-corrected chi connectivity index (χ2v) is 7.35. The van der Waals surface area contributed by atoms with Crippen LogP contribution in [-0.2, 0) is 10.3 Å². The predicted octanol–water partition coefficient (Wildman–Crippen LogP) is 4.03. The van der Waals surface area contributed by atoms with Crippen molar-refractivity contribution in [3.8, 4) is 11.8 Å². The Labute approximate surface area is 145 Å². The van der Waals surface area contributed by atoms with Crippen molar-refractivity contribution < 1.29 is 4.74 Å². The molecule has 0 spiro atoms. The number of thiophene rings is 1. The predicted molar refractivity (Wildman–Crippen MR) is 102 cm³/mol. The van der Waals surface area contributed by atoms with Crippen LogP contribution in [0.2, 0.25) is 0 Å². The number of amidine groups is 1. The number of rotatable bonds is 1. The third-order valence-corrected chi connectivity index (χ3v) is 5.54. The van der Waals surface area contributed by atoms with E-state index in [-0.39, 0.29) is 0 Å². The van der Waals surface area contributed by atoms with Gasteiger partial charge < -0.3 is 10.5 Å². The number of nitrogens with two attached hydrogens (primary N) is 1. The van der Waals surface area contributed by atoms with E-state index in [9.17, 15) is 0 Å². The number of fused-ring (bicyclic) bond motifs is 3. The molecule has 1 aliphatic rings. The van der Waals surface area contributed by atoms with Crippen LogP contribution in [-0.4, -0.2) is 19.0 Å². The van der Waals surface area contributed by atoms with E-state index in [4.69, 9.17) is 10.5 Å². The lowest BCUT2D eigenvalue weighted by Gasteiger charge is -2.30. The minimum absolute atomic E-state index is 0.415. The number of aliphatic imine (C=N–C) groups is 1. The molecule has 0 radical (unpaired) electrons. The largest absolute Gasteiger partial charge is 0.386 e. The van der Waals surface area contributed by atoms with Crippen molar-refractivity contribution in [2.75, 3.05) is 13.2 Å². The van der Waals surface area contributed by atoms with Crippen LogP contribution < -0.4 is 5.73 Å². The van der Waals surface area contributed by atoms with Gasteiger partial charge in [-0.15, -0.1) is 17.3 Å². The molecule has 120 valence electrons. The monoisotopic (exact) mass is 334 g/mol. The van der Waals surface area contributed by atoms with Gasteiger partial charge in [-0.05, 0) is 49.7 Å². The van der Waals surface area contributed by atoms with Gasteiger partial charge in [0.25, 0.3) is 0 Å². The topological polar surface area (TPSA) is 47.6 Å². The van der Waals surface area contributed by atoms with Gasteiger partial charge in [-0.2, -0.15) is 0 Å². The molecule has 24 heavy (non-hydrogen) atoms. The van der Waals surface area contributed by atoms with Crippen molar-refractivity contribution in [1.29, 1.82) is 0 Å². The van der Waals surface area contributed by atoms with Crippen molar-refractivity contribution in [2.24, 2.45) is 10.7 Å². The standard InChI is InChI=1S/C20H18N2OS/c1-3-4-13-5-7-17-15(9-13)16-10-14(6-8-18(16)24-17)20(2)12-23-11-19(21)22-20/h5-10H,11-12H2,1-2H3,(H2,21,22)/t20-/m0/s1. The zero-order chi connectivity index (χ0) is 16.7. The highest BCUT2D eigenvalue weighted by Gasteiger charge is 2.30. The van der Waals surface area contributed by atoms with Crippen LogP contribution in [0.4, 0.5) is 0 Å². The Morgan fingerprint density at radius 2 is 1.92 bits per heavy atom. The molecule has 1 aromatic heterocycles. The molecular formula is C20H18N2OS. The number of nitrogens with zero attached hydrogens (tertiary/aromatic N) is 1. The maximum atomic E-state index is 5.90. The van der Waals surface area contributed by atoms with Gasteiger partial charge in [-0.3, -0.25) is 4.99 Å². The van der Waals surface area contributed by atoms with Crippen molar-refractivity contribution in [2.45, 2.75) is 19.4 Å². The molecular weight excluding hydrogens is 316 g/mol. The van der Waals surface area contributed by atoms with Crippen molar-refractivity contribution >= 4 is 37.3 Å². The first-order valence-electron chi connectivity index (χ1n) is 7.90. The Bertz CT molecular complexity index is 1040. The van der Waals surface area contributed by atoms with E-state index in [1.54, 1.807) is 11.3 Å². The third-order valence-electron chi connectivity index (χ3n) is 4.38. The van der Waals surface area contributed by atoms with Crippen molar-refractivity contribution in [3.05, 3.63) is 47.5 Å². The summed E-state index contributed by atoms with van der Waals surface area (Å²) in [4.78, 5) is 4.65. The van der Waals surface area contributed by atoms with Crippen LogP contribution in [0.1, 0.15) is 25.0 Å². The van der Waals surface area contributed by atoms with E-state index in [0.29, 0.717) is 19.0 Å². The van der Waals surface area contributed by atoms with Gasteiger partial charge in [0.1, 0.15) is 18.0 Å². The fourth-order valence-corrected chi connectivity index (χ4v) is 4.28. The molecule has 0 fully saturated rings. The summed E-state index contributed by atoms with van der Waals surface area (Å²) in [6.07, 6.45) is 0. The smallest absolute Gasteiger partial charge is 0.121 e. The lowest BCUT2D eigenvalue weighted by molar-refractivity contribution is 0.106. The Balaban J connectivity index is 1.93. The summed E-state index contributed by atoms with van der Waals surface area (Å²) >= 11 is 1.80. The number of hydrogen-bond donors (Lipinski definition) is 1. The Hall–Kier alpha value is -2.35. The fourth-order valence-electron chi connectivity index (χ4n) is 3.22. The highest BCUT2D eigenvalue weighted by molar-refractivity contribution is 7.25. The van der Waals surface area contributed by atoms with Crippen LogP contribution in [0.3, 0.4) is 0 Å². The lowest BCUT2D eigenvalue weighted by atomic mass is 9.91. The molecule has 3 aromatic rings. The molecule has 1 aliphatic heterocycles. The average Bonchev–Trinajstić information content (AvgIpc) is 2.92. The molecule has 0 aliphatic carbocycles. The molecule has 0 unspecified atom stereocenters. The van der Waals surface area contributed by atoms with E-state index in [0.717, 1.165) is 11.1 Å². The fraction of sp³-hybridized carbons (Fsp3) is 0.250. The summed E-state index contributed by atoms with van der Waals surface area (Å²) in [7, 11) is 0. The molecule has 0 bridgehead atoms.